The number of hydrogen-bond acceptors (Lipinski definition) is 8. The summed E-state index contributed by atoms with van der Waals surface area (Å²) in [6, 6.07) is 11.3. The second-order valence-corrected chi connectivity index (χ2v) is 9.80. The number of aromatic nitrogens is 5. The summed E-state index contributed by atoms with van der Waals surface area (Å²) >= 11 is 1.18. The predicted octanol–water partition coefficient (Wildman–Crippen LogP) is 4.12. The number of carbonyl (C=O) groups excluding carboxylic acids is 1. The molecule has 1 fully saturated rings. The summed E-state index contributed by atoms with van der Waals surface area (Å²) in [5.41, 5.74) is 1.33. The molecule has 0 radical (unpaired) electrons. The van der Waals surface area contributed by atoms with Gasteiger partial charge in [-0.15, -0.1) is 21.5 Å². The van der Waals surface area contributed by atoms with Gasteiger partial charge in [0.05, 0.1) is 34.6 Å². The van der Waals surface area contributed by atoms with Gasteiger partial charge >= 0.3 is 0 Å². The van der Waals surface area contributed by atoms with Crippen molar-refractivity contribution in [1.29, 1.82) is 5.26 Å². The molecule has 12 heteroatoms. The molecule has 0 saturated heterocycles. The molecule has 2 aromatic carbocycles. The fourth-order valence-electron chi connectivity index (χ4n) is 3.90. The van der Waals surface area contributed by atoms with Crippen molar-refractivity contribution in [2.45, 2.75) is 31.2 Å². The number of hydrogen-bond donors (Lipinski definition) is 1. The van der Waals surface area contributed by atoms with Gasteiger partial charge in [0.1, 0.15) is 22.8 Å². The lowest BCUT2D eigenvalue weighted by Gasteiger charge is -2.06. The summed E-state index contributed by atoms with van der Waals surface area (Å²) in [6.45, 7) is 0. The Kier molecular flexibility index (Phi) is 5.49. The molecule has 3 heterocycles. The molecular weight excluding hydrogens is 500 g/mol. The Morgan fingerprint density at radius 2 is 1.95 bits per heavy atom. The van der Waals surface area contributed by atoms with E-state index in [0.717, 1.165) is 0 Å². The molecular formula is C25H17F2N7O2S. The van der Waals surface area contributed by atoms with E-state index < -0.39 is 11.4 Å². The smallest absolute Gasteiger partial charge is 0.230 e. The lowest BCUT2D eigenvalue weighted by molar-refractivity contribution is -0.121. The number of rotatable bonds is 7. The van der Waals surface area contributed by atoms with Crippen LogP contribution in [0.1, 0.15) is 29.6 Å². The first-order valence-corrected chi connectivity index (χ1v) is 12.2. The molecule has 0 atom stereocenters. The number of nitrogens with zero attached hydrogens (tertiary/aromatic N) is 6. The number of thiazole rings is 1. The van der Waals surface area contributed by atoms with Gasteiger partial charge in [-0.2, -0.15) is 10.4 Å². The fourth-order valence-corrected chi connectivity index (χ4v) is 4.89. The summed E-state index contributed by atoms with van der Waals surface area (Å²) < 4.78 is 36.2. The van der Waals surface area contributed by atoms with E-state index in [1.165, 1.54) is 23.5 Å². The number of fused-ring (bicyclic) bond motifs is 1. The number of benzene rings is 2. The monoisotopic (exact) mass is 517 g/mol. The normalized spacial score (nSPS) is 14.0. The molecule has 1 N–H and O–H groups in total. The zero-order valence-electron chi connectivity index (χ0n) is 19.1. The van der Waals surface area contributed by atoms with Crippen molar-refractivity contribution in [3.63, 3.8) is 0 Å². The number of nitriles is 1. The second-order valence-electron chi connectivity index (χ2n) is 8.72. The van der Waals surface area contributed by atoms with Gasteiger partial charge in [-0.25, -0.2) is 18.4 Å². The molecule has 9 nitrogen and oxygen atoms in total. The molecule has 3 aromatic heterocycles. The molecule has 1 amide bonds. The SMILES string of the molecule is N#CC1(NC(=O)Cc2nnc(Cc3nc4ccc(-c5cnn(-c6ccc(F)cc6)c5)c(F)c4s3)o2)CC1. The van der Waals surface area contributed by atoms with Gasteiger partial charge in [-0.1, -0.05) is 0 Å². The summed E-state index contributed by atoms with van der Waals surface area (Å²) in [5, 5.41) is 24.5. The van der Waals surface area contributed by atoms with Crippen LogP contribution in [0.25, 0.3) is 27.0 Å². The van der Waals surface area contributed by atoms with Crippen molar-refractivity contribution >= 4 is 27.5 Å². The molecule has 1 aliphatic rings. The maximum absolute atomic E-state index is 15.5. The Bertz CT molecular complexity index is 1680. The minimum atomic E-state index is -0.760. The molecule has 0 bridgehead atoms. The van der Waals surface area contributed by atoms with E-state index in [9.17, 15) is 9.18 Å². The molecule has 0 aliphatic heterocycles. The maximum Gasteiger partial charge on any atom is 0.230 e. The predicted molar refractivity (Wildman–Crippen MR) is 129 cm³/mol. The highest BCUT2D eigenvalue weighted by molar-refractivity contribution is 7.18. The lowest BCUT2D eigenvalue weighted by Crippen LogP contribution is -2.36. The van der Waals surface area contributed by atoms with Crippen LogP contribution < -0.4 is 5.32 Å². The number of halogens is 2. The molecule has 5 aromatic rings. The van der Waals surface area contributed by atoms with E-state index in [0.29, 0.717) is 44.9 Å². The van der Waals surface area contributed by atoms with Crippen molar-refractivity contribution < 1.29 is 18.0 Å². The summed E-state index contributed by atoms with van der Waals surface area (Å²) in [4.78, 5) is 16.6. The van der Waals surface area contributed by atoms with Gasteiger partial charge in [0.25, 0.3) is 0 Å². The van der Waals surface area contributed by atoms with Gasteiger partial charge < -0.3 is 9.73 Å². The van der Waals surface area contributed by atoms with E-state index in [-0.39, 0.29) is 36.3 Å². The molecule has 1 saturated carbocycles. The number of nitrogens with one attached hydrogen (secondary N) is 1. The van der Waals surface area contributed by atoms with Crippen molar-refractivity contribution in [3.05, 3.63) is 77.2 Å². The summed E-state index contributed by atoms with van der Waals surface area (Å²) in [6.07, 6.45) is 4.56. The van der Waals surface area contributed by atoms with Gasteiger partial charge in [0.15, 0.2) is 5.82 Å². The molecule has 1 aliphatic carbocycles. The van der Waals surface area contributed by atoms with Crippen LogP contribution in [0.2, 0.25) is 0 Å². The number of amides is 1. The molecule has 6 rings (SSSR count). The molecule has 37 heavy (non-hydrogen) atoms. The van der Waals surface area contributed by atoms with Crippen LogP contribution in [0.3, 0.4) is 0 Å². The van der Waals surface area contributed by atoms with Crippen LogP contribution >= 0.6 is 11.3 Å². The summed E-state index contributed by atoms with van der Waals surface area (Å²) in [5.74, 6) is -0.739. The largest absolute Gasteiger partial charge is 0.424 e. The average Bonchev–Trinajstić information content (AvgIpc) is 3.23. The average molecular weight is 518 g/mol. The van der Waals surface area contributed by atoms with Gasteiger partial charge in [0, 0.05) is 17.3 Å². The van der Waals surface area contributed by atoms with Crippen LogP contribution in [0.4, 0.5) is 8.78 Å². The maximum atomic E-state index is 15.5. The Labute approximate surface area is 212 Å². The van der Waals surface area contributed by atoms with Crippen molar-refractivity contribution in [1.82, 2.24) is 30.3 Å². The Hall–Kier alpha value is -4.50. The van der Waals surface area contributed by atoms with E-state index in [1.807, 2.05) is 0 Å². The van der Waals surface area contributed by atoms with Crippen LogP contribution in [0.5, 0.6) is 0 Å². The highest BCUT2D eigenvalue weighted by atomic mass is 32.1. The van der Waals surface area contributed by atoms with Crippen LogP contribution in [-0.4, -0.2) is 36.4 Å². The fraction of sp³-hybridized carbons (Fsp3) is 0.200. The van der Waals surface area contributed by atoms with Crippen molar-refractivity contribution in [2.24, 2.45) is 0 Å². The molecule has 0 unspecified atom stereocenters. The van der Waals surface area contributed by atoms with Crippen LogP contribution in [0.15, 0.2) is 53.2 Å². The minimum Gasteiger partial charge on any atom is -0.424 e. The van der Waals surface area contributed by atoms with Gasteiger partial charge in [-0.3, -0.25) is 4.79 Å². The Morgan fingerprint density at radius 1 is 1.16 bits per heavy atom. The third-order valence-electron chi connectivity index (χ3n) is 5.99. The van der Waals surface area contributed by atoms with E-state index in [2.05, 4.69) is 31.7 Å². The molecule has 184 valence electrons. The highest BCUT2D eigenvalue weighted by Gasteiger charge is 2.44. The Morgan fingerprint density at radius 3 is 2.70 bits per heavy atom. The van der Waals surface area contributed by atoms with E-state index in [1.54, 1.807) is 41.3 Å². The van der Waals surface area contributed by atoms with Crippen LogP contribution in [0, 0.1) is 23.0 Å². The Balaban J connectivity index is 1.18. The first-order valence-electron chi connectivity index (χ1n) is 11.3. The lowest BCUT2D eigenvalue weighted by atomic mass is 10.1. The standard InChI is InChI=1S/C25H17F2N7O2S/c26-15-1-3-16(4-2-15)34-12-14(11-29-34)17-5-6-18-24(23(17)27)37-22(30-18)10-21-33-32-20(36-21)9-19(35)31-25(13-28)7-8-25/h1-6,11-12H,7-10H2,(H,31,35). The third kappa shape index (κ3) is 4.56. The van der Waals surface area contributed by atoms with Gasteiger partial charge in [0.2, 0.25) is 17.7 Å². The molecule has 0 spiro atoms. The first-order chi connectivity index (χ1) is 17.9. The van der Waals surface area contributed by atoms with Crippen LogP contribution in [-0.2, 0) is 17.6 Å². The number of carbonyl (C=O) groups is 1. The quantitative estimate of drug-likeness (QED) is 0.345. The van der Waals surface area contributed by atoms with Crippen molar-refractivity contribution in [3.8, 4) is 22.9 Å². The zero-order valence-corrected chi connectivity index (χ0v) is 19.9. The van der Waals surface area contributed by atoms with Gasteiger partial charge in [-0.05, 0) is 49.2 Å². The minimum absolute atomic E-state index is 0.125. The highest BCUT2D eigenvalue weighted by Crippen LogP contribution is 2.35. The third-order valence-corrected chi connectivity index (χ3v) is 7.06. The first kappa shape index (κ1) is 22.9. The van der Waals surface area contributed by atoms with E-state index in [4.69, 9.17) is 9.68 Å². The topological polar surface area (TPSA) is 123 Å². The summed E-state index contributed by atoms with van der Waals surface area (Å²) in [7, 11) is 0. The second kappa shape index (κ2) is 8.86. The zero-order chi connectivity index (χ0) is 25.6. The van der Waals surface area contributed by atoms with E-state index >= 15 is 4.39 Å². The van der Waals surface area contributed by atoms with Crippen molar-refractivity contribution in [2.75, 3.05) is 0 Å².